The molecule has 0 spiro atoms. The minimum atomic E-state index is -1.67. The van der Waals surface area contributed by atoms with Crippen molar-refractivity contribution in [2.75, 3.05) is 5.73 Å². The molecule has 0 aliphatic heterocycles. The summed E-state index contributed by atoms with van der Waals surface area (Å²) in [6.45, 7) is 0. The molecular weight excluding hydrogens is 186 g/mol. The van der Waals surface area contributed by atoms with Gasteiger partial charge in [-0.2, -0.15) is 0 Å². The van der Waals surface area contributed by atoms with Gasteiger partial charge in [-0.3, -0.25) is 0 Å². The summed E-state index contributed by atoms with van der Waals surface area (Å²) in [7, 11) is 0. The molecule has 0 unspecified atom stereocenters. The second-order valence-electron chi connectivity index (χ2n) is 2.19. The summed E-state index contributed by atoms with van der Waals surface area (Å²) in [6, 6.07) is 0. The molecule has 1 aromatic carbocycles. The fraction of sp³-hybridized carbons (Fsp3) is 0. The minimum Gasteiger partial charge on any atom is -0.394 e. The number of terminal acetylenes is 1. The second kappa shape index (κ2) is 2.98. The maximum atomic E-state index is 12.7. The standard InChI is InChI=1S/C8H3F4N/c1-2-3-4(9)6(11)8(13)7(12)5(3)10/h1H,13H2. The Morgan fingerprint density at radius 1 is 0.923 bits per heavy atom. The van der Waals surface area contributed by atoms with Crippen LogP contribution in [0.25, 0.3) is 0 Å². The molecular formula is C8H3F4N. The first-order chi connectivity index (χ1) is 6.00. The van der Waals surface area contributed by atoms with Crippen molar-refractivity contribution in [2.24, 2.45) is 0 Å². The second-order valence-corrected chi connectivity index (χ2v) is 2.19. The Labute approximate surface area is 71.2 Å². The number of rotatable bonds is 0. The summed E-state index contributed by atoms with van der Waals surface area (Å²) in [6.07, 6.45) is 4.64. The molecule has 0 amide bonds. The van der Waals surface area contributed by atoms with Crippen LogP contribution in [-0.2, 0) is 0 Å². The van der Waals surface area contributed by atoms with Gasteiger partial charge in [0.15, 0.2) is 23.3 Å². The zero-order valence-corrected chi connectivity index (χ0v) is 6.17. The molecule has 13 heavy (non-hydrogen) atoms. The van der Waals surface area contributed by atoms with Crippen LogP contribution in [0.15, 0.2) is 0 Å². The van der Waals surface area contributed by atoms with Crippen molar-refractivity contribution in [3.05, 3.63) is 28.8 Å². The van der Waals surface area contributed by atoms with Gasteiger partial charge >= 0.3 is 0 Å². The Balaban J connectivity index is 3.69. The third kappa shape index (κ3) is 1.20. The SMILES string of the molecule is C#Cc1c(F)c(F)c(N)c(F)c1F. The Bertz CT molecular complexity index is 377. The average Bonchev–Trinajstić information content (AvgIpc) is 2.13. The lowest BCUT2D eigenvalue weighted by atomic mass is 10.1. The molecule has 2 N–H and O–H groups in total. The summed E-state index contributed by atoms with van der Waals surface area (Å²) in [5.74, 6) is -5.17. The first kappa shape index (κ1) is 9.39. The highest BCUT2D eigenvalue weighted by Gasteiger charge is 2.22. The fourth-order valence-electron chi connectivity index (χ4n) is 0.775. The van der Waals surface area contributed by atoms with E-state index in [4.69, 9.17) is 5.73 Å². The number of hydrogen-bond donors (Lipinski definition) is 1. The predicted molar refractivity (Wildman–Crippen MR) is 38.6 cm³/mol. The van der Waals surface area contributed by atoms with E-state index in [2.05, 4.69) is 6.42 Å². The van der Waals surface area contributed by atoms with Crippen molar-refractivity contribution in [1.82, 2.24) is 0 Å². The topological polar surface area (TPSA) is 26.0 Å². The largest absolute Gasteiger partial charge is 0.394 e. The fourth-order valence-corrected chi connectivity index (χ4v) is 0.775. The summed E-state index contributed by atoms with van der Waals surface area (Å²) in [5, 5.41) is 0. The van der Waals surface area contributed by atoms with E-state index in [9.17, 15) is 17.6 Å². The van der Waals surface area contributed by atoms with Crippen LogP contribution in [0.1, 0.15) is 5.56 Å². The van der Waals surface area contributed by atoms with Gasteiger partial charge < -0.3 is 5.73 Å². The van der Waals surface area contributed by atoms with E-state index < -0.39 is 34.5 Å². The van der Waals surface area contributed by atoms with Gasteiger partial charge in [0, 0.05) is 0 Å². The highest BCUT2D eigenvalue weighted by atomic mass is 19.2. The molecule has 0 radical (unpaired) electrons. The molecule has 1 aromatic rings. The maximum Gasteiger partial charge on any atom is 0.186 e. The molecule has 0 heterocycles. The number of benzene rings is 1. The van der Waals surface area contributed by atoms with Gasteiger partial charge in [-0.25, -0.2) is 17.6 Å². The first-order valence-corrected chi connectivity index (χ1v) is 3.08. The lowest BCUT2D eigenvalue weighted by Crippen LogP contribution is -2.05. The van der Waals surface area contributed by atoms with Crippen LogP contribution in [0.3, 0.4) is 0 Å². The minimum absolute atomic E-state index is 1.09. The van der Waals surface area contributed by atoms with Gasteiger partial charge in [0.25, 0.3) is 0 Å². The molecule has 0 aromatic heterocycles. The zero-order valence-electron chi connectivity index (χ0n) is 6.17. The maximum absolute atomic E-state index is 12.7. The highest BCUT2D eigenvalue weighted by molar-refractivity contribution is 5.49. The summed E-state index contributed by atoms with van der Waals surface area (Å²) < 4.78 is 50.6. The van der Waals surface area contributed by atoms with E-state index in [1.165, 1.54) is 5.92 Å². The van der Waals surface area contributed by atoms with Gasteiger partial charge in [-0.05, 0) is 0 Å². The number of anilines is 1. The molecule has 1 nitrogen and oxygen atoms in total. The van der Waals surface area contributed by atoms with E-state index in [0.717, 1.165) is 0 Å². The number of hydrogen-bond acceptors (Lipinski definition) is 1. The van der Waals surface area contributed by atoms with E-state index in [1.807, 2.05) is 0 Å². The van der Waals surface area contributed by atoms with Crippen LogP contribution >= 0.6 is 0 Å². The van der Waals surface area contributed by atoms with Crippen molar-refractivity contribution in [3.63, 3.8) is 0 Å². The van der Waals surface area contributed by atoms with Crippen molar-refractivity contribution in [1.29, 1.82) is 0 Å². The van der Waals surface area contributed by atoms with Crippen LogP contribution < -0.4 is 5.73 Å². The normalized spacial score (nSPS) is 9.77. The summed E-state index contributed by atoms with van der Waals surface area (Å²) >= 11 is 0. The number of nitrogens with two attached hydrogens (primary N) is 1. The number of nitrogen functional groups attached to an aromatic ring is 1. The van der Waals surface area contributed by atoms with Gasteiger partial charge in [0.05, 0.1) is 0 Å². The van der Waals surface area contributed by atoms with Gasteiger partial charge in [0.1, 0.15) is 11.3 Å². The van der Waals surface area contributed by atoms with Crippen molar-refractivity contribution in [3.8, 4) is 12.3 Å². The summed E-state index contributed by atoms with van der Waals surface area (Å²) in [4.78, 5) is 0. The van der Waals surface area contributed by atoms with Gasteiger partial charge in [-0.15, -0.1) is 6.42 Å². The van der Waals surface area contributed by atoms with E-state index >= 15 is 0 Å². The van der Waals surface area contributed by atoms with E-state index in [1.54, 1.807) is 0 Å². The molecule has 0 fully saturated rings. The van der Waals surface area contributed by atoms with Crippen molar-refractivity contribution >= 4 is 5.69 Å². The van der Waals surface area contributed by atoms with Crippen molar-refractivity contribution in [2.45, 2.75) is 0 Å². The molecule has 5 heteroatoms. The van der Waals surface area contributed by atoms with Crippen LogP contribution in [0.4, 0.5) is 23.2 Å². The van der Waals surface area contributed by atoms with E-state index in [0.29, 0.717) is 0 Å². The monoisotopic (exact) mass is 189 g/mol. The quantitative estimate of drug-likeness (QED) is 0.286. The van der Waals surface area contributed by atoms with Crippen LogP contribution in [0.5, 0.6) is 0 Å². The lowest BCUT2D eigenvalue weighted by Gasteiger charge is -2.03. The Morgan fingerprint density at radius 2 is 1.31 bits per heavy atom. The average molecular weight is 189 g/mol. The van der Waals surface area contributed by atoms with Crippen LogP contribution in [0.2, 0.25) is 0 Å². The molecule has 0 bridgehead atoms. The van der Waals surface area contributed by atoms with Gasteiger partial charge in [-0.1, -0.05) is 5.92 Å². The Morgan fingerprint density at radius 3 is 1.62 bits per heavy atom. The third-order valence-electron chi connectivity index (χ3n) is 1.44. The first-order valence-electron chi connectivity index (χ1n) is 3.08. The molecule has 0 aliphatic carbocycles. The summed E-state index contributed by atoms with van der Waals surface area (Å²) in [5.41, 5.74) is 2.40. The van der Waals surface area contributed by atoms with E-state index in [-0.39, 0.29) is 0 Å². The molecule has 0 aliphatic rings. The molecule has 0 saturated heterocycles. The van der Waals surface area contributed by atoms with Gasteiger partial charge in [0.2, 0.25) is 0 Å². The molecule has 68 valence electrons. The molecule has 1 rings (SSSR count). The van der Waals surface area contributed by atoms with Crippen LogP contribution in [-0.4, -0.2) is 0 Å². The molecule has 0 saturated carbocycles. The lowest BCUT2D eigenvalue weighted by molar-refractivity contribution is 0.456. The Kier molecular flexibility index (Phi) is 2.15. The number of halogens is 4. The predicted octanol–water partition coefficient (Wildman–Crippen LogP) is 1.81. The van der Waals surface area contributed by atoms with Crippen molar-refractivity contribution < 1.29 is 17.6 Å². The highest BCUT2D eigenvalue weighted by Crippen LogP contribution is 2.24. The molecule has 0 atom stereocenters. The third-order valence-corrected chi connectivity index (χ3v) is 1.44. The zero-order chi connectivity index (χ0) is 10.2. The Hall–Kier alpha value is -1.70. The van der Waals surface area contributed by atoms with Crippen LogP contribution in [0, 0.1) is 35.6 Å². The smallest absolute Gasteiger partial charge is 0.186 e.